The number of likely N-dealkylation sites (tertiary alicyclic amines) is 1. The maximum Gasteiger partial charge on any atom is 0.407 e. The average Bonchev–Trinajstić information content (AvgIpc) is 3.58. The van der Waals surface area contributed by atoms with Crippen molar-refractivity contribution in [1.82, 2.24) is 15.3 Å². The van der Waals surface area contributed by atoms with Crippen LogP contribution in [-0.4, -0.2) is 212 Å². The number of hydrogen-bond donors (Lipinski definition) is 5. The van der Waals surface area contributed by atoms with Crippen molar-refractivity contribution in [3.8, 4) is 0 Å². The number of aliphatic imine (C=N–C) groups is 1. The Morgan fingerprint density at radius 1 is 0.809 bits per heavy atom. The molecule has 2 unspecified atom stereocenters. The summed E-state index contributed by atoms with van der Waals surface area (Å²) in [6.07, 6.45) is 3.83. The van der Waals surface area contributed by atoms with Gasteiger partial charge < -0.3 is 73.9 Å². The molecule has 6 N–H and O–H groups in total. The molecule has 3 amide bonds. The minimum Gasteiger partial charge on any atom is -0.481 e. The summed E-state index contributed by atoms with van der Waals surface area (Å²) in [5, 5.41) is 32.7. The molecule has 2 atom stereocenters. The van der Waals surface area contributed by atoms with Crippen LogP contribution in [-0.2, 0) is 68.3 Å². The van der Waals surface area contributed by atoms with Crippen molar-refractivity contribution in [3.63, 3.8) is 0 Å². The van der Waals surface area contributed by atoms with Gasteiger partial charge in [0.1, 0.15) is 24.1 Å². The highest BCUT2D eigenvalue weighted by Gasteiger charge is 2.31. The average molecular weight is 988 g/mol. The Hall–Kier alpha value is -3.85. The molecule has 23 heteroatoms. The molecule has 2 aliphatic heterocycles. The topological polar surface area (TPSA) is 278 Å². The van der Waals surface area contributed by atoms with Crippen LogP contribution < -0.4 is 11.1 Å². The molecule has 0 radical (unpaired) electrons. The zero-order chi connectivity index (χ0) is 48.8. The summed E-state index contributed by atoms with van der Waals surface area (Å²) in [7, 11) is 0. The predicted molar refractivity (Wildman–Crippen MR) is 247 cm³/mol. The number of fused-ring (bicyclic) bond motifs is 1. The molecular formula is C45H73N5O17S. The minimum atomic E-state index is -1.12. The molecule has 0 spiro atoms. The Bertz CT molecular complexity index is 1690. The van der Waals surface area contributed by atoms with E-state index in [0.29, 0.717) is 103 Å². The van der Waals surface area contributed by atoms with Crippen LogP contribution in [0.15, 0.2) is 16.6 Å². The third-order valence-corrected chi connectivity index (χ3v) is 11.7. The largest absolute Gasteiger partial charge is 0.481 e. The Morgan fingerprint density at radius 2 is 1.35 bits per heavy atom. The number of rotatable bonds is 39. The maximum atomic E-state index is 13.6. The van der Waals surface area contributed by atoms with E-state index in [9.17, 15) is 29.4 Å². The van der Waals surface area contributed by atoms with E-state index in [2.05, 4.69) is 10.3 Å². The number of hydrogen-bond acceptors (Lipinski definition) is 19. The zero-order valence-electron chi connectivity index (χ0n) is 39.4. The van der Waals surface area contributed by atoms with Crippen LogP contribution >= 0.6 is 11.3 Å². The van der Waals surface area contributed by atoms with Crippen molar-refractivity contribution < 1.29 is 82.0 Å². The number of amides is 3. The van der Waals surface area contributed by atoms with Crippen molar-refractivity contribution >= 4 is 52.8 Å². The number of nitrogens with one attached hydrogen (secondary N) is 1. The Balaban J connectivity index is 0.948. The second kappa shape index (κ2) is 33.6. The van der Waals surface area contributed by atoms with Gasteiger partial charge in [0.05, 0.1) is 136 Å². The third kappa shape index (κ3) is 23.2. The van der Waals surface area contributed by atoms with Crippen LogP contribution in [0.1, 0.15) is 61.6 Å². The SMILES string of the molecule is CCCN(OCCNC(=O)OC1CCC1)C(=O)C1=Cc2sc(CC3CN(C(=O)CCOCCOCCOCCOCC(O)C(O)COCCOCCOCCOCCC(=O)O)C3)cc2N=C(N)C1. The van der Waals surface area contributed by atoms with Crippen molar-refractivity contribution in [2.75, 3.05) is 138 Å². The van der Waals surface area contributed by atoms with Crippen molar-refractivity contribution in [3.05, 3.63) is 21.4 Å². The number of aliphatic carboxylic acids is 1. The van der Waals surface area contributed by atoms with E-state index in [-0.39, 0.29) is 96.6 Å². The minimum absolute atomic E-state index is 0.0138. The van der Waals surface area contributed by atoms with E-state index in [1.807, 2.05) is 24.0 Å². The summed E-state index contributed by atoms with van der Waals surface area (Å²) in [5.41, 5.74) is 7.45. The van der Waals surface area contributed by atoms with Gasteiger partial charge in [0.25, 0.3) is 5.91 Å². The van der Waals surface area contributed by atoms with Crippen LogP contribution in [0.5, 0.6) is 0 Å². The molecule has 1 saturated carbocycles. The number of thiophene rings is 1. The molecule has 1 aromatic heterocycles. The summed E-state index contributed by atoms with van der Waals surface area (Å²) in [5.74, 6) is -0.522. The van der Waals surface area contributed by atoms with Crippen LogP contribution in [0.2, 0.25) is 0 Å². The van der Waals surface area contributed by atoms with Crippen LogP contribution in [0.25, 0.3) is 6.08 Å². The van der Waals surface area contributed by atoms with Crippen molar-refractivity contribution in [2.24, 2.45) is 16.6 Å². The molecular weight excluding hydrogens is 915 g/mol. The van der Waals surface area contributed by atoms with E-state index >= 15 is 0 Å². The van der Waals surface area contributed by atoms with E-state index in [4.69, 9.17) is 58.3 Å². The number of carboxylic acid groups (broad SMARTS) is 1. The van der Waals surface area contributed by atoms with E-state index in [1.54, 1.807) is 11.3 Å². The lowest BCUT2D eigenvalue weighted by molar-refractivity contribution is -0.181. The number of aliphatic hydroxyl groups is 2. The molecule has 0 aromatic carbocycles. The summed E-state index contributed by atoms with van der Waals surface area (Å²) >= 11 is 1.56. The molecule has 3 aliphatic rings. The fraction of sp³-hybridized carbons (Fsp3) is 0.756. The molecule has 1 aromatic rings. The standard InChI is InChI=1S/C45H73N5O17S/c1-2-9-50(66-12-8-47-45(57)67-35-4-3-5-35)44(56)34-26-40-37(48-41(46)27-34)28-36(68-40)25-33-29-49(30-33)42(53)6-10-58-13-15-60-17-19-62-21-23-64-31-38(51)39(52)32-65-24-22-63-20-18-61-16-14-59-11-7-43(54)55/h26,28,33,35,38-39,51-52H,2-25,27,29-32H2,1H3,(H2,46,48)(H,47,57)(H,54,55). The lowest BCUT2D eigenvalue weighted by atomic mass is 9.95. The zero-order valence-corrected chi connectivity index (χ0v) is 40.2. The number of carboxylic acids is 1. The number of nitrogens with two attached hydrogens (primary N) is 1. The fourth-order valence-corrected chi connectivity index (χ4v) is 7.85. The van der Waals surface area contributed by atoms with Gasteiger partial charge in [-0.05, 0) is 50.2 Å². The second-order valence-corrected chi connectivity index (χ2v) is 17.4. The highest BCUT2D eigenvalue weighted by Crippen LogP contribution is 2.37. The lowest BCUT2D eigenvalue weighted by Gasteiger charge is -2.39. The highest BCUT2D eigenvalue weighted by atomic mass is 32.1. The summed E-state index contributed by atoms with van der Waals surface area (Å²) in [6.45, 7) is 8.00. The number of hydroxylamine groups is 2. The van der Waals surface area contributed by atoms with Gasteiger partial charge in [0.2, 0.25) is 5.91 Å². The van der Waals surface area contributed by atoms with Crippen molar-refractivity contribution in [2.45, 2.75) is 76.6 Å². The smallest absolute Gasteiger partial charge is 0.407 e. The number of ether oxygens (including phenoxy) is 9. The number of nitrogens with zero attached hydrogens (tertiary/aromatic N) is 3. The monoisotopic (exact) mass is 987 g/mol. The second-order valence-electron chi connectivity index (χ2n) is 16.3. The van der Waals surface area contributed by atoms with Crippen molar-refractivity contribution in [1.29, 1.82) is 0 Å². The van der Waals surface area contributed by atoms with Gasteiger partial charge >= 0.3 is 12.1 Å². The molecule has 3 heterocycles. The normalized spacial score (nSPS) is 15.9. The van der Waals surface area contributed by atoms with Gasteiger partial charge in [-0.1, -0.05) is 6.92 Å². The molecule has 68 heavy (non-hydrogen) atoms. The fourth-order valence-electron chi connectivity index (χ4n) is 6.67. The van der Waals surface area contributed by atoms with Crippen LogP contribution in [0.3, 0.4) is 0 Å². The highest BCUT2D eigenvalue weighted by molar-refractivity contribution is 7.13. The Labute approximate surface area is 402 Å². The summed E-state index contributed by atoms with van der Waals surface area (Å²) < 4.78 is 48.4. The lowest BCUT2D eigenvalue weighted by Crippen LogP contribution is -2.50. The Kier molecular flexibility index (Phi) is 28.1. The first-order valence-electron chi connectivity index (χ1n) is 23.6. The predicted octanol–water partition coefficient (Wildman–Crippen LogP) is 1.69. The molecule has 2 fully saturated rings. The number of carbonyl (C=O) groups is 4. The summed E-state index contributed by atoms with van der Waals surface area (Å²) in [4.78, 5) is 62.8. The van der Waals surface area contributed by atoms with Crippen LogP contribution in [0, 0.1) is 5.92 Å². The van der Waals surface area contributed by atoms with E-state index in [1.165, 1.54) is 5.06 Å². The maximum absolute atomic E-state index is 13.6. The molecule has 22 nitrogen and oxygen atoms in total. The number of alkyl carbamates (subject to hydrolysis) is 1. The third-order valence-electron chi connectivity index (χ3n) is 10.6. The molecule has 1 aliphatic carbocycles. The number of carbonyl (C=O) groups excluding carboxylic acids is 3. The molecule has 386 valence electrons. The number of amidine groups is 1. The van der Waals surface area contributed by atoms with Gasteiger partial charge in [-0.15, -0.1) is 11.3 Å². The molecule has 0 bridgehead atoms. The first-order chi connectivity index (χ1) is 33.0. The van der Waals surface area contributed by atoms with Gasteiger partial charge in [-0.2, -0.15) is 0 Å². The van der Waals surface area contributed by atoms with Gasteiger partial charge in [0, 0.05) is 43.1 Å². The summed E-state index contributed by atoms with van der Waals surface area (Å²) in [6, 6.07) is 2.01. The van der Waals surface area contributed by atoms with Gasteiger partial charge in [-0.3, -0.25) is 19.2 Å². The van der Waals surface area contributed by atoms with Gasteiger partial charge in [0.15, 0.2) is 0 Å². The van der Waals surface area contributed by atoms with E-state index < -0.39 is 24.3 Å². The van der Waals surface area contributed by atoms with Gasteiger partial charge in [-0.25, -0.2) is 14.9 Å². The number of aliphatic hydroxyl groups excluding tert-OH is 2. The first kappa shape index (κ1) is 56.7. The van der Waals surface area contributed by atoms with E-state index in [0.717, 1.165) is 41.1 Å². The molecule has 1 saturated heterocycles. The first-order valence-corrected chi connectivity index (χ1v) is 24.4. The van der Waals surface area contributed by atoms with Crippen LogP contribution in [0.4, 0.5) is 10.5 Å². The Morgan fingerprint density at radius 3 is 1.88 bits per heavy atom. The molecule has 4 rings (SSSR count). The quantitative estimate of drug-likeness (QED) is 0.0464.